The molecule has 10 heteroatoms. The van der Waals surface area contributed by atoms with Crippen molar-refractivity contribution in [1.29, 1.82) is 0 Å². The number of hydrogen-bond acceptors (Lipinski definition) is 9. The molecule has 1 saturated heterocycles. The standard InChI is InChI=1S/C9H12N6O4/c10-7-4-8(12-2-11-7)14-15(13-4)9-6(18)5(17)3(1-16)19-9/h2-3,5-6,9,16-18H,1H2,(H2,10,11,12,14)/t3-,5-,6-,9-/m1/s1. The maximum atomic E-state index is 9.85. The molecule has 10 nitrogen and oxygen atoms in total. The van der Waals surface area contributed by atoms with Crippen LogP contribution in [0.2, 0.25) is 0 Å². The number of aliphatic hydroxyl groups excluding tert-OH is 3. The molecule has 0 unspecified atom stereocenters. The fourth-order valence-corrected chi connectivity index (χ4v) is 1.96. The van der Waals surface area contributed by atoms with E-state index in [1.165, 1.54) is 6.33 Å². The molecule has 0 aliphatic carbocycles. The molecule has 3 heterocycles. The van der Waals surface area contributed by atoms with Gasteiger partial charge in [-0.3, -0.25) is 0 Å². The second-order valence-corrected chi connectivity index (χ2v) is 4.18. The van der Waals surface area contributed by atoms with Gasteiger partial charge in [0.25, 0.3) is 0 Å². The third-order valence-corrected chi connectivity index (χ3v) is 2.98. The van der Waals surface area contributed by atoms with Crippen LogP contribution in [0.3, 0.4) is 0 Å². The zero-order chi connectivity index (χ0) is 13.6. The summed E-state index contributed by atoms with van der Waals surface area (Å²) in [6, 6.07) is 0. The van der Waals surface area contributed by atoms with Crippen LogP contribution in [0.15, 0.2) is 6.33 Å². The monoisotopic (exact) mass is 268 g/mol. The number of hydrogen-bond donors (Lipinski definition) is 4. The van der Waals surface area contributed by atoms with Crippen molar-refractivity contribution in [2.75, 3.05) is 12.3 Å². The molecule has 3 rings (SSSR count). The SMILES string of the molecule is Nc1ncnc2nn([C@@H]3O[C@H](CO)[C@@H](O)[C@H]3O)nc12. The third kappa shape index (κ3) is 1.81. The van der Waals surface area contributed by atoms with Gasteiger partial charge in [0.2, 0.25) is 5.65 Å². The average Bonchev–Trinajstić information content (AvgIpc) is 2.94. The Morgan fingerprint density at radius 1 is 1.26 bits per heavy atom. The fourth-order valence-electron chi connectivity index (χ4n) is 1.96. The summed E-state index contributed by atoms with van der Waals surface area (Å²) in [5.74, 6) is 0.156. The molecule has 0 bridgehead atoms. The van der Waals surface area contributed by atoms with Crippen molar-refractivity contribution in [3.05, 3.63) is 6.33 Å². The summed E-state index contributed by atoms with van der Waals surface area (Å²) >= 11 is 0. The van der Waals surface area contributed by atoms with Crippen LogP contribution in [0.4, 0.5) is 5.82 Å². The van der Waals surface area contributed by atoms with E-state index in [1.54, 1.807) is 0 Å². The highest BCUT2D eigenvalue weighted by atomic mass is 16.6. The molecule has 2 aromatic heterocycles. The lowest BCUT2D eigenvalue weighted by Gasteiger charge is -2.12. The van der Waals surface area contributed by atoms with E-state index in [-0.39, 0.29) is 17.0 Å². The van der Waals surface area contributed by atoms with Crippen molar-refractivity contribution in [1.82, 2.24) is 25.0 Å². The smallest absolute Gasteiger partial charge is 0.207 e. The number of nitrogens with zero attached hydrogens (tertiary/aromatic N) is 5. The highest BCUT2D eigenvalue weighted by Gasteiger charge is 2.44. The topological polar surface area (TPSA) is 152 Å². The lowest BCUT2D eigenvalue weighted by atomic mass is 10.1. The Labute approximate surface area is 106 Å². The van der Waals surface area contributed by atoms with E-state index in [2.05, 4.69) is 20.2 Å². The fraction of sp³-hybridized carbons (Fsp3) is 0.556. The van der Waals surface area contributed by atoms with Crippen molar-refractivity contribution in [3.63, 3.8) is 0 Å². The van der Waals surface area contributed by atoms with Gasteiger partial charge in [-0.25, -0.2) is 9.97 Å². The van der Waals surface area contributed by atoms with Gasteiger partial charge in [0.05, 0.1) is 6.61 Å². The highest BCUT2D eigenvalue weighted by molar-refractivity contribution is 5.79. The molecule has 1 aliphatic rings. The molecular weight excluding hydrogens is 256 g/mol. The minimum atomic E-state index is -1.26. The summed E-state index contributed by atoms with van der Waals surface area (Å²) < 4.78 is 5.29. The number of nitrogens with two attached hydrogens (primary N) is 1. The molecule has 0 spiro atoms. The third-order valence-electron chi connectivity index (χ3n) is 2.98. The lowest BCUT2D eigenvalue weighted by Crippen LogP contribution is -2.33. The van der Waals surface area contributed by atoms with E-state index >= 15 is 0 Å². The van der Waals surface area contributed by atoms with Crippen molar-refractivity contribution >= 4 is 17.0 Å². The molecule has 4 atom stereocenters. The lowest BCUT2D eigenvalue weighted by molar-refractivity contribution is -0.0650. The maximum absolute atomic E-state index is 9.85. The van der Waals surface area contributed by atoms with Gasteiger partial charge in [-0.1, -0.05) is 0 Å². The number of ether oxygens (including phenoxy) is 1. The molecule has 0 amide bonds. The first-order valence-corrected chi connectivity index (χ1v) is 5.57. The number of nitrogen functional groups attached to an aromatic ring is 1. The molecule has 0 saturated carbocycles. The Balaban J connectivity index is 1.99. The van der Waals surface area contributed by atoms with Crippen LogP contribution < -0.4 is 5.73 Å². The van der Waals surface area contributed by atoms with E-state index in [1.807, 2.05) is 0 Å². The van der Waals surface area contributed by atoms with Gasteiger partial charge < -0.3 is 25.8 Å². The van der Waals surface area contributed by atoms with E-state index in [0.29, 0.717) is 0 Å². The summed E-state index contributed by atoms with van der Waals surface area (Å²) in [4.78, 5) is 8.72. The van der Waals surface area contributed by atoms with E-state index in [0.717, 1.165) is 4.80 Å². The zero-order valence-corrected chi connectivity index (χ0v) is 9.66. The van der Waals surface area contributed by atoms with Gasteiger partial charge in [0.1, 0.15) is 24.6 Å². The van der Waals surface area contributed by atoms with Crippen molar-refractivity contribution in [2.24, 2.45) is 0 Å². The second-order valence-electron chi connectivity index (χ2n) is 4.18. The van der Waals surface area contributed by atoms with Gasteiger partial charge in [-0.2, -0.15) is 0 Å². The quantitative estimate of drug-likeness (QED) is 0.459. The Kier molecular flexibility index (Phi) is 2.78. The number of aromatic nitrogens is 5. The number of fused-ring (bicyclic) bond motifs is 1. The number of rotatable bonds is 2. The van der Waals surface area contributed by atoms with E-state index in [4.69, 9.17) is 15.6 Å². The maximum Gasteiger partial charge on any atom is 0.207 e. The summed E-state index contributed by atoms with van der Waals surface area (Å²) in [5.41, 5.74) is 6.16. The molecule has 2 aromatic rings. The molecular formula is C9H12N6O4. The van der Waals surface area contributed by atoms with Crippen LogP contribution in [0.5, 0.6) is 0 Å². The van der Waals surface area contributed by atoms with Gasteiger partial charge in [-0.15, -0.1) is 15.0 Å². The normalized spacial score (nSPS) is 31.1. The molecule has 5 N–H and O–H groups in total. The molecule has 1 fully saturated rings. The number of anilines is 1. The summed E-state index contributed by atoms with van der Waals surface area (Å²) in [6.45, 7) is -0.419. The number of aliphatic hydroxyl groups is 3. The summed E-state index contributed by atoms with van der Waals surface area (Å²) in [6.07, 6.45) is -3.13. The highest BCUT2D eigenvalue weighted by Crippen LogP contribution is 2.28. The molecule has 102 valence electrons. The van der Waals surface area contributed by atoms with E-state index < -0.39 is 31.1 Å². The minimum absolute atomic E-state index is 0.156. The second kappa shape index (κ2) is 4.35. The van der Waals surface area contributed by atoms with E-state index in [9.17, 15) is 10.2 Å². The van der Waals surface area contributed by atoms with Crippen LogP contribution in [-0.4, -0.2) is 65.2 Å². The van der Waals surface area contributed by atoms with Gasteiger partial charge >= 0.3 is 0 Å². The summed E-state index contributed by atoms with van der Waals surface area (Å²) in [5, 5.41) is 36.6. The van der Waals surface area contributed by atoms with Crippen LogP contribution in [-0.2, 0) is 4.74 Å². The summed E-state index contributed by atoms with van der Waals surface area (Å²) in [7, 11) is 0. The van der Waals surface area contributed by atoms with Crippen LogP contribution in [0.1, 0.15) is 6.23 Å². The van der Waals surface area contributed by atoms with Crippen molar-refractivity contribution in [3.8, 4) is 0 Å². The first-order valence-electron chi connectivity index (χ1n) is 5.57. The van der Waals surface area contributed by atoms with Crippen LogP contribution in [0.25, 0.3) is 11.2 Å². The first kappa shape index (κ1) is 12.2. The van der Waals surface area contributed by atoms with Gasteiger partial charge in [0.15, 0.2) is 17.6 Å². The van der Waals surface area contributed by atoms with Gasteiger partial charge in [0, 0.05) is 0 Å². The Morgan fingerprint density at radius 2 is 2.05 bits per heavy atom. The predicted octanol–water partition coefficient (Wildman–Crippen LogP) is -2.58. The Hall–Kier alpha value is -1.88. The average molecular weight is 268 g/mol. The van der Waals surface area contributed by atoms with Crippen LogP contribution in [0, 0.1) is 0 Å². The van der Waals surface area contributed by atoms with Crippen LogP contribution >= 0.6 is 0 Å². The zero-order valence-electron chi connectivity index (χ0n) is 9.66. The van der Waals surface area contributed by atoms with Gasteiger partial charge in [-0.05, 0) is 0 Å². The van der Waals surface area contributed by atoms with Crippen molar-refractivity contribution in [2.45, 2.75) is 24.5 Å². The predicted molar refractivity (Wildman–Crippen MR) is 60.5 cm³/mol. The molecule has 0 radical (unpaired) electrons. The molecule has 0 aromatic carbocycles. The minimum Gasteiger partial charge on any atom is -0.394 e. The first-order chi connectivity index (χ1) is 9.11. The molecule has 19 heavy (non-hydrogen) atoms. The largest absolute Gasteiger partial charge is 0.394 e. The Morgan fingerprint density at radius 3 is 2.68 bits per heavy atom. The molecule has 1 aliphatic heterocycles. The van der Waals surface area contributed by atoms with Crippen molar-refractivity contribution < 1.29 is 20.1 Å². The Bertz CT molecular complexity index is 603.